The first-order chi connectivity index (χ1) is 10.2. The number of hydrogen-bond acceptors (Lipinski definition) is 4. The number of aromatic nitrogens is 2. The quantitative estimate of drug-likeness (QED) is 0.873. The lowest BCUT2D eigenvalue weighted by Gasteiger charge is -2.35. The van der Waals surface area contributed by atoms with E-state index in [-0.39, 0.29) is 0 Å². The molecular formula is C16H19ClN4. The lowest BCUT2D eigenvalue weighted by molar-refractivity contribution is 0.249. The fourth-order valence-electron chi connectivity index (χ4n) is 2.54. The van der Waals surface area contributed by atoms with Crippen molar-refractivity contribution in [3.05, 3.63) is 52.7 Å². The number of hydrogen-bond donors (Lipinski definition) is 0. The van der Waals surface area contributed by atoms with Gasteiger partial charge in [0.25, 0.3) is 0 Å². The molecule has 0 radical (unpaired) electrons. The zero-order chi connectivity index (χ0) is 14.7. The molecule has 110 valence electrons. The number of benzene rings is 1. The number of halogens is 1. The summed E-state index contributed by atoms with van der Waals surface area (Å²) in [7, 11) is 0. The highest BCUT2D eigenvalue weighted by Crippen LogP contribution is 2.15. The summed E-state index contributed by atoms with van der Waals surface area (Å²) < 4.78 is 0. The fraction of sp³-hybridized carbons (Fsp3) is 0.375. The third-order valence-electron chi connectivity index (χ3n) is 3.80. The molecule has 1 aromatic carbocycles. The SMILES string of the molecule is Cc1ccc(N2CCN(Cc3ccc(Cl)cc3)CC2)nn1. The Bertz CT molecular complexity index is 574. The van der Waals surface area contributed by atoms with Crippen LogP contribution in [-0.2, 0) is 6.54 Å². The molecule has 5 heteroatoms. The first kappa shape index (κ1) is 14.3. The molecule has 0 aliphatic carbocycles. The van der Waals surface area contributed by atoms with Crippen LogP contribution in [0.4, 0.5) is 5.82 Å². The summed E-state index contributed by atoms with van der Waals surface area (Å²) in [5.41, 5.74) is 2.27. The van der Waals surface area contributed by atoms with Crippen LogP contribution in [0.25, 0.3) is 0 Å². The van der Waals surface area contributed by atoms with Crippen LogP contribution in [0, 0.1) is 6.92 Å². The van der Waals surface area contributed by atoms with Crippen molar-refractivity contribution in [3.63, 3.8) is 0 Å². The zero-order valence-electron chi connectivity index (χ0n) is 12.2. The van der Waals surface area contributed by atoms with Crippen LogP contribution in [0.2, 0.25) is 5.02 Å². The highest BCUT2D eigenvalue weighted by atomic mass is 35.5. The van der Waals surface area contributed by atoms with Crippen LogP contribution in [0.3, 0.4) is 0 Å². The van der Waals surface area contributed by atoms with E-state index in [1.807, 2.05) is 25.1 Å². The molecule has 2 heterocycles. The van der Waals surface area contributed by atoms with Gasteiger partial charge >= 0.3 is 0 Å². The van der Waals surface area contributed by atoms with Gasteiger partial charge in [-0.25, -0.2) is 0 Å². The van der Waals surface area contributed by atoms with Crippen molar-refractivity contribution in [3.8, 4) is 0 Å². The van der Waals surface area contributed by atoms with E-state index < -0.39 is 0 Å². The summed E-state index contributed by atoms with van der Waals surface area (Å²) in [6, 6.07) is 12.2. The zero-order valence-corrected chi connectivity index (χ0v) is 12.9. The summed E-state index contributed by atoms with van der Waals surface area (Å²) >= 11 is 5.92. The minimum atomic E-state index is 0.793. The smallest absolute Gasteiger partial charge is 0.151 e. The van der Waals surface area contributed by atoms with E-state index in [9.17, 15) is 0 Å². The second kappa shape index (κ2) is 6.41. The Labute approximate surface area is 130 Å². The van der Waals surface area contributed by atoms with Gasteiger partial charge in [0, 0.05) is 37.7 Å². The fourth-order valence-corrected chi connectivity index (χ4v) is 2.67. The number of nitrogens with zero attached hydrogens (tertiary/aromatic N) is 4. The van der Waals surface area contributed by atoms with Crippen LogP contribution in [0.15, 0.2) is 36.4 Å². The van der Waals surface area contributed by atoms with E-state index in [1.165, 1.54) is 5.56 Å². The predicted octanol–water partition coefficient (Wildman–Crippen LogP) is 2.76. The third-order valence-corrected chi connectivity index (χ3v) is 4.05. The van der Waals surface area contributed by atoms with Crippen LogP contribution >= 0.6 is 11.6 Å². The summed E-state index contributed by atoms with van der Waals surface area (Å²) in [5, 5.41) is 9.19. The lowest BCUT2D eigenvalue weighted by atomic mass is 10.2. The van der Waals surface area contributed by atoms with Gasteiger partial charge in [0.2, 0.25) is 0 Å². The molecule has 2 aromatic rings. The van der Waals surface area contributed by atoms with Gasteiger partial charge in [-0.3, -0.25) is 4.90 Å². The maximum Gasteiger partial charge on any atom is 0.151 e. The number of aryl methyl sites for hydroxylation is 1. The topological polar surface area (TPSA) is 32.3 Å². The van der Waals surface area contributed by atoms with Crippen molar-refractivity contribution in [2.75, 3.05) is 31.1 Å². The van der Waals surface area contributed by atoms with Gasteiger partial charge < -0.3 is 4.90 Å². The Kier molecular flexibility index (Phi) is 4.36. The van der Waals surface area contributed by atoms with Crippen LogP contribution in [0.5, 0.6) is 0 Å². The molecule has 0 bridgehead atoms. The van der Waals surface area contributed by atoms with Crippen molar-refractivity contribution in [2.24, 2.45) is 0 Å². The Morgan fingerprint density at radius 1 is 0.952 bits per heavy atom. The first-order valence-electron chi connectivity index (χ1n) is 7.23. The number of piperazine rings is 1. The maximum atomic E-state index is 5.92. The summed E-state index contributed by atoms with van der Waals surface area (Å²) in [4.78, 5) is 4.76. The molecular weight excluding hydrogens is 284 g/mol. The third kappa shape index (κ3) is 3.71. The van der Waals surface area contributed by atoms with Gasteiger partial charge in [0.15, 0.2) is 5.82 Å². The second-order valence-electron chi connectivity index (χ2n) is 5.42. The van der Waals surface area contributed by atoms with Gasteiger partial charge in [-0.15, -0.1) is 5.10 Å². The Morgan fingerprint density at radius 3 is 2.29 bits per heavy atom. The molecule has 21 heavy (non-hydrogen) atoms. The van der Waals surface area contributed by atoms with Crippen molar-refractivity contribution in [2.45, 2.75) is 13.5 Å². The van der Waals surface area contributed by atoms with Gasteiger partial charge in [-0.05, 0) is 36.8 Å². The van der Waals surface area contributed by atoms with Gasteiger partial charge in [0.1, 0.15) is 0 Å². The normalized spacial score (nSPS) is 16.2. The van der Waals surface area contributed by atoms with Gasteiger partial charge in [-0.1, -0.05) is 23.7 Å². The summed E-state index contributed by atoms with van der Waals surface area (Å²) in [5.74, 6) is 0.978. The lowest BCUT2D eigenvalue weighted by Crippen LogP contribution is -2.46. The largest absolute Gasteiger partial charge is 0.353 e. The summed E-state index contributed by atoms with van der Waals surface area (Å²) in [6.07, 6.45) is 0. The highest BCUT2D eigenvalue weighted by Gasteiger charge is 2.18. The molecule has 1 saturated heterocycles. The van der Waals surface area contributed by atoms with Gasteiger partial charge in [-0.2, -0.15) is 5.10 Å². The van der Waals surface area contributed by atoms with Crippen molar-refractivity contribution in [1.82, 2.24) is 15.1 Å². The van der Waals surface area contributed by atoms with Crippen LogP contribution in [-0.4, -0.2) is 41.3 Å². The Hall–Kier alpha value is -1.65. The minimum absolute atomic E-state index is 0.793. The van der Waals surface area contributed by atoms with E-state index in [1.54, 1.807) is 0 Å². The first-order valence-corrected chi connectivity index (χ1v) is 7.60. The molecule has 0 spiro atoms. The van der Waals surface area contributed by atoms with Gasteiger partial charge in [0.05, 0.1) is 5.69 Å². The predicted molar refractivity (Wildman–Crippen MR) is 85.7 cm³/mol. The van der Waals surface area contributed by atoms with E-state index in [0.717, 1.165) is 49.3 Å². The van der Waals surface area contributed by atoms with Crippen LogP contribution in [0.1, 0.15) is 11.3 Å². The van der Waals surface area contributed by atoms with Crippen molar-refractivity contribution < 1.29 is 0 Å². The Balaban J connectivity index is 1.55. The monoisotopic (exact) mass is 302 g/mol. The number of anilines is 1. The number of rotatable bonds is 3. The van der Waals surface area contributed by atoms with Crippen LogP contribution < -0.4 is 4.90 Å². The molecule has 0 atom stereocenters. The molecule has 1 aliphatic heterocycles. The van der Waals surface area contributed by atoms with E-state index in [0.29, 0.717) is 0 Å². The van der Waals surface area contributed by atoms with E-state index in [2.05, 4.69) is 38.2 Å². The van der Waals surface area contributed by atoms with Crippen molar-refractivity contribution >= 4 is 17.4 Å². The Morgan fingerprint density at radius 2 is 1.67 bits per heavy atom. The average molecular weight is 303 g/mol. The molecule has 4 nitrogen and oxygen atoms in total. The summed E-state index contributed by atoms with van der Waals surface area (Å²) in [6.45, 7) is 7.00. The molecule has 0 amide bonds. The molecule has 0 saturated carbocycles. The molecule has 3 rings (SSSR count). The standard InChI is InChI=1S/C16H19ClN4/c1-13-2-7-16(19-18-13)21-10-8-20(9-11-21)12-14-3-5-15(17)6-4-14/h2-7H,8-12H2,1H3. The molecule has 0 N–H and O–H groups in total. The molecule has 1 aliphatic rings. The molecule has 1 fully saturated rings. The van der Waals surface area contributed by atoms with E-state index >= 15 is 0 Å². The highest BCUT2D eigenvalue weighted by molar-refractivity contribution is 6.30. The maximum absolute atomic E-state index is 5.92. The van der Waals surface area contributed by atoms with Crippen molar-refractivity contribution in [1.29, 1.82) is 0 Å². The minimum Gasteiger partial charge on any atom is -0.353 e. The average Bonchev–Trinajstić information content (AvgIpc) is 2.51. The molecule has 0 unspecified atom stereocenters. The van der Waals surface area contributed by atoms with E-state index in [4.69, 9.17) is 11.6 Å². The molecule has 1 aromatic heterocycles. The second-order valence-corrected chi connectivity index (χ2v) is 5.86.